The summed E-state index contributed by atoms with van der Waals surface area (Å²) in [7, 11) is 0. The third kappa shape index (κ3) is 2.34. The quantitative estimate of drug-likeness (QED) is 0.783. The Kier molecular flexibility index (Phi) is 3.33. The molecule has 0 aliphatic rings. The molecule has 0 atom stereocenters. The second kappa shape index (κ2) is 5.28. The van der Waals surface area contributed by atoms with Crippen molar-refractivity contribution < 1.29 is 8.81 Å². The number of hydrogen-bond donors (Lipinski definition) is 1. The van der Waals surface area contributed by atoms with Gasteiger partial charge in [-0.15, -0.1) is 0 Å². The first-order valence-electron chi connectivity index (χ1n) is 6.53. The van der Waals surface area contributed by atoms with E-state index in [9.17, 15) is 4.39 Å². The summed E-state index contributed by atoms with van der Waals surface area (Å²) in [6.45, 7) is 2.78. The predicted molar refractivity (Wildman–Crippen MR) is 76.0 cm³/mol. The van der Waals surface area contributed by atoms with E-state index in [1.165, 1.54) is 0 Å². The second-order valence-electron chi connectivity index (χ2n) is 4.47. The van der Waals surface area contributed by atoms with E-state index in [0.29, 0.717) is 17.3 Å². The first kappa shape index (κ1) is 12.6. The van der Waals surface area contributed by atoms with Crippen molar-refractivity contribution >= 4 is 16.9 Å². The minimum absolute atomic E-state index is 0.176. The first-order valence-corrected chi connectivity index (χ1v) is 6.53. The summed E-state index contributed by atoms with van der Waals surface area (Å²) in [6.07, 6.45) is 2.11. The molecule has 0 saturated carbocycles. The molecule has 5 heteroatoms. The molecule has 0 saturated heterocycles. The Morgan fingerprint density at radius 2 is 2.15 bits per heavy atom. The number of para-hydroxylation sites is 1. The first-order chi connectivity index (χ1) is 9.78. The second-order valence-corrected chi connectivity index (χ2v) is 4.47. The molecule has 0 radical (unpaired) electrons. The van der Waals surface area contributed by atoms with Gasteiger partial charge in [0.15, 0.2) is 11.6 Å². The highest BCUT2D eigenvalue weighted by atomic mass is 19.1. The highest BCUT2D eigenvalue weighted by Gasteiger charge is 2.14. The van der Waals surface area contributed by atoms with Gasteiger partial charge in [-0.05, 0) is 18.6 Å². The van der Waals surface area contributed by atoms with Crippen molar-refractivity contribution in [1.29, 1.82) is 0 Å². The van der Waals surface area contributed by atoms with Gasteiger partial charge in [-0.1, -0.05) is 25.1 Å². The summed E-state index contributed by atoms with van der Waals surface area (Å²) in [5, 5.41) is 3.95. The van der Waals surface area contributed by atoms with Crippen molar-refractivity contribution in [2.75, 3.05) is 11.9 Å². The molecule has 0 aliphatic heterocycles. The van der Waals surface area contributed by atoms with Gasteiger partial charge >= 0.3 is 0 Å². The third-order valence-electron chi connectivity index (χ3n) is 2.94. The van der Waals surface area contributed by atoms with E-state index in [0.717, 1.165) is 24.5 Å². The van der Waals surface area contributed by atoms with E-state index in [-0.39, 0.29) is 5.69 Å². The number of furan rings is 1. The molecule has 0 fully saturated rings. The van der Waals surface area contributed by atoms with Crippen molar-refractivity contribution in [1.82, 2.24) is 9.97 Å². The molecule has 0 amide bonds. The number of benzene rings is 1. The smallest absolute Gasteiger partial charge is 0.223 e. The van der Waals surface area contributed by atoms with Crippen LogP contribution in [-0.4, -0.2) is 16.5 Å². The van der Waals surface area contributed by atoms with E-state index >= 15 is 0 Å². The van der Waals surface area contributed by atoms with Crippen LogP contribution in [-0.2, 0) is 0 Å². The summed E-state index contributed by atoms with van der Waals surface area (Å²) >= 11 is 0. The Hall–Kier alpha value is -2.43. The van der Waals surface area contributed by atoms with Crippen LogP contribution in [0.5, 0.6) is 0 Å². The van der Waals surface area contributed by atoms with E-state index in [4.69, 9.17) is 4.42 Å². The molecule has 1 N–H and O–H groups in total. The van der Waals surface area contributed by atoms with Gasteiger partial charge < -0.3 is 9.73 Å². The molecular formula is C15H14FN3O. The van der Waals surface area contributed by atoms with Gasteiger partial charge in [0.1, 0.15) is 11.3 Å². The van der Waals surface area contributed by atoms with Crippen LogP contribution >= 0.6 is 0 Å². The maximum atomic E-state index is 13.9. The number of anilines is 1. The monoisotopic (exact) mass is 271 g/mol. The highest BCUT2D eigenvalue weighted by Crippen LogP contribution is 2.28. The maximum absolute atomic E-state index is 13.9. The van der Waals surface area contributed by atoms with Gasteiger partial charge in [0.05, 0.1) is 6.20 Å². The van der Waals surface area contributed by atoms with Crippen molar-refractivity contribution in [3.05, 3.63) is 42.3 Å². The lowest BCUT2D eigenvalue weighted by Gasteiger charge is -2.04. The van der Waals surface area contributed by atoms with E-state index in [1.807, 2.05) is 31.2 Å². The minimum atomic E-state index is -0.494. The Bertz CT molecular complexity index is 706. The molecule has 0 aliphatic carbocycles. The number of hydrogen-bond acceptors (Lipinski definition) is 4. The predicted octanol–water partition coefficient (Wildman–Crippen LogP) is 3.85. The molecule has 3 aromatic rings. The van der Waals surface area contributed by atoms with E-state index < -0.39 is 5.82 Å². The number of halogens is 1. The van der Waals surface area contributed by atoms with Gasteiger partial charge in [0.2, 0.25) is 5.95 Å². The zero-order chi connectivity index (χ0) is 13.9. The van der Waals surface area contributed by atoms with Crippen molar-refractivity contribution in [2.45, 2.75) is 13.3 Å². The fraction of sp³-hybridized carbons (Fsp3) is 0.200. The molecule has 102 valence electrons. The topological polar surface area (TPSA) is 51.0 Å². The Balaban J connectivity index is 2.03. The summed E-state index contributed by atoms with van der Waals surface area (Å²) < 4.78 is 19.5. The van der Waals surface area contributed by atoms with Crippen LogP contribution in [0.2, 0.25) is 0 Å². The molecule has 2 heterocycles. The summed E-state index contributed by atoms with van der Waals surface area (Å²) in [4.78, 5) is 8.10. The Morgan fingerprint density at radius 1 is 1.30 bits per heavy atom. The molecule has 20 heavy (non-hydrogen) atoms. The molecular weight excluding hydrogens is 257 g/mol. The van der Waals surface area contributed by atoms with Gasteiger partial charge in [-0.2, -0.15) is 0 Å². The Labute approximate surface area is 115 Å². The molecule has 0 bridgehead atoms. The molecule has 0 unspecified atom stereocenters. The highest BCUT2D eigenvalue weighted by molar-refractivity contribution is 5.82. The maximum Gasteiger partial charge on any atom is 0.223 e. The third-order valence-corrected chi connectivity index (χ3v) is 2.94. The lowest BCUT2D eigenvalue weighted by molar-refractivity contribution is 0.590. The fourth-order valence-corrected chi connectivity index (χ4v) is 1.96. The molecule has 4 nitrogen and oxygen atoms in total. The Morgan fingerprint density at radius 3 is 2.95 bits per heavy atom. The lowest BCUT2D eigenvalue weighted by atomic mass is 10.2. The van der Waals surface area contributed by atoms with Crippen LogP contribution in [0.3, 0.4) is 0 Å². The summed E-state index contributed by atoms with van der Waals surface area (Å²) in [5.41, 5.74) is 0.887. The van der Waals surface area contributed by atoms with Crippen molar-refractivity contribution in [2.24, 2.45) is 0 Å². The zero-order valence-corrected chi connectivity index (χ0v) is 11.1. The van der Waals surface area contributed by atoms with Crippen LogP contribution in [0.1, 0.15) is 13.3 Å². The standard InChI is InChI=1S/C15H14FN3O/c1-2-7-17-15-18-9-11(16)14(19-15)13-8-10-5-3-4-6-12(10)20-13/h3-6,8-9H,2,7H2,1H3,(H,17,18,19). The molecule has 2 aromatic heterocycles. The van der Waals surface area contributed by atoms with Crippen LogP contribution in [0, 0.1) is 5.82 Å². The van der Waals surface area contributed by atoms with Crippen LogP contribution in [0.25, 0.3) is 22.4 Å². The normalized spacial score (nSPS) is 10.9. The summed E-state index contributed by atoms with van der Waals surface area (Å²) in [5.74, 6) is 0.320. The summed E-state index contributed by atoms with van der Waals surface area (Å²) in [6, 6.07) is 9.32. The van der Waals surface area contributed by atoms with Gasteiger partial charge in [0, 0.05) is 11.9 Å². The molecule has 3 rings (SSSR count). The SMILES string of the molecule is CCCNc1ncc(F)c(-c2cc3ccccc3o2)n1. The number of fused-ring (bicyclic) bond motifs is 1. The van der Waals surface area contributed by atoms with Crippen LogP contribution < -0.4 is 5.32 Å². The lowest BCUT2D eigenvalue weighted by Crippen LogP contribution is -2.05. The van der Waals surface area contributed by atoms with Gasteiger partial charge in [-0.3, -0.25) is 0 Å². The molecule has 0 spiro atoms. The van der Waals surface area contributed by atoms with Crippen LogP contribution in [0.4, 0.5) is 10.3 Å². The fourth-order valence-electron chi connectivity index (χ4n) is 1.96. The van der Waals surface area contributed by atoms with Gasteiger partial charge in [-0.25, -0.2) is 14.4 Å². The number of rotatable bonds is 4. The van der Waals surface area contributed by atoms with Crippen molar-refractivity contribution in [3.63, 3.8) is 0 Å². The van der Waals surface area contributed by atoms with Crippen molar-refractivity contribution in [3.8, 4) is 11.5 Å². The number of nitrogens with one attached hydrogen (secondary N) is 1. The van der Waals surface area contributed by atoms with Gasteiger partial charge in [0.25, 0.3) is 0 Å². The molecule has 1 aromatic carbocycles. The van der Waals surface area contributed by atoms with E-state index in [2.05, 4.69) is 15.3 Å². The largest absolute Gasteiger partial charge is 0.454 e. The van der Waals surface area contributed by atoms with E-state index in [1.54, 1.807) is 6.07 Å². The van der Waals surface area contributed by atoms with Crippen LogP contribution in [0.15, 0.2) is 40.9 Å². The number of aromatic nitrogens is 2. The minimum Gasteiger partial charge on any atom is -0.454 e. The average molecular weight is 271 g/mol. The average Bonchev–Trinajstić information content (AvgIpc) is 2.90. The number of nitrogens with zero attached hydrogens (tertiary/aromatic N) is 2. The zero-order valence-electron chi connectivity index (χ0n) is 11.1.